The zero-order chi connectivity index (χ0) is 20.8. The van der Waals surface area contributed by atoms with Gasteiger partial charge in [-0.25, -0.2) is 0 Å². The van der Waals surface area contributed by atoms with Crippen LogP contribution in [0.15, 0.2) is 48.5 Å². The number of nitrogens with one attached hydrogen (secondary N) is 3. The lowest BCUT2D eigenvalue weighted by atomic mass is 10.1. The van der Waals surface area contributed by atoms with E-state index >= 15 is 0 Å². The molecular weight excluding hydrogens is 392 g/mol. The first-order chi connectivity index (χ1) is 14.0. The van der Waals surface area contributed by atoms with Crippen LogP contribution in [0.1, 0.15) is 23.1 Å². The molecule has 0 bridgehead atoms. The van der Waals surface area contributed by atoms with Crippen LogP contribution in [0.25, 0.3) is 0 Å². The van der Waals surface area contributed by atoms with Gasteiger partial charge in [-0.2, -0.15) is 5.10 Å². The summed E-state index contributed by atoms with van der Waals surface area (Å²) in [4.78, 5) is 23.4. The van der Waals surface area contributed by atoms with Gasteiger partial charge in [-0.15, -0.1) is 0 Å². The first-order valence-corrected chi connectivity index (χ1v) is 9.43. The SMILES string of the molecule is CCn1c(CCNC(=O)c2ccc(Nc3ccccc3)c([N+](=O)[O-])c2)n[nH]c1=S. The lowest BCUT2D eigenvalue weighted by Gasteiger charge is -2.09. The summed E-state index contributed by atoms with van der Waals surface area (Å²) in [6, 6.07) is 13.5. The van der Waals surface area contributed by atoms with Crippen LogP contribution < -0.4 is 10.6 Å². The number of rotatable bonds is 8. The number of carbonyl (C=O) groups is 1. The number of aromatic nitrogens is 3. The van der Waals surface area contributed by atoms with Crippen molar-refractivity contribution < 1.29 is 9.72 Å². The molecule has 0 unspecified atom stereocenters. The Labute approximate surface area is 171 Å². The van der Waals surface area contributed by atoms with Crippen molar-refractivity contribution in [2.45, 2.75) is 19.9 Å². The van der Waals surface area contributed by atoms with Gasteiger partial charge in [0.2, 0.25) is 0 Å². The standard InChI is InChI=1S/C19H20N6O3S/c1-2-24-17(22-23-19(24)29)10-11-20-18(26)13-8-9-15(16(12-13)25(27)28)21-14-6-4-3-5-7-14/h3-9,12,21H,2,10-11H2,1H3,(H,20,26)(H,23,29). The number of aromatic amines is 1. The van der Waals surface area contributed by atoms with Gasteiger partial charge in [-0.3, -0.25) is 20.0 Å². The van der Waals surface area contributed by atoms with E-state index in [9.17, 15) is 14.9 Å². The van der Waals surface area contributed by atoms with Crippen molar-refractivity contribution in [3.63, 3.8) is 0 Å². The number of nitro benzene ring substituents is 1. The van der Waals surface area contributed by atoms with Crippen molar-refractivity contribution in [3.05, 3.63) is 74.8 Å². The number of nitro groups is 1. The number of carbonyl (C=O) groups excluding carboxylic acids is 1. The second kappa shape index (κ2) is 9.11. The molecule has 150 valence electrons. The summed E-state index contributed by atoms with van der Waals surface area (Å²) in [7, 11) is 0. The zero-order valence-corrected chi connectivity index (χ0v) is 16.5. The maximum Gasteiger partial charge on any atom is 0.293 e. The van der Waals surface area contributed by atoms with E-state index in [1.54, 1.807) is 18.2 Å². The Morgan fingerprint density at radius 1 is 1.28 bits per heavy atom. The quantitative estimate of drug-likeness (QED) is 0.296. The van der Waals surface area contributed by atoms with Gasteiger partial charge in [0.1, 0.15) is 11.5 Å². The Morgan fingerprint density at radius 3 is 2.72 bits per heavy atom. The molecule has 29 heavy (non-hydrogen) atoms. The van der Waals surface area contributed by atoms with Gasteiger partial charge < -0.3 is 15.2 Å². The topological polar surface area (TPSA) is 118 Å². The molecule has 0 atom stereocenters. The van der Waals surface area contributed by atoms with E-state index in [1.807, 2.05) is 29.7 Å². The molecule has 10 heteroatoms. The number of para-hydroxylation sites is 1. The average Bonchev–Trinajstić information content (AvgIpc) is 3.08. The van der Waals surface area contributed by atoms with Crippen molar-refractivity contribution in [1.82, 2.24) is 20.1 Å². The molecule has 1 amide bonds. The van der Waals surface area contributed by atoms with E-state index in [4.69, 9.17) is 12.2 Å². The maximum atomic E-state index is 12.4. The van der Waals surface area contributed by atoms with Crippen LogP contribution in [0.3, 0.4) is 0 Å². The number of amides is 1. The molecule has 0 saturated carbocycles. The molecule has 2 aromatic carbocycles. The molecule has 0 radical (unpaired) electrons. The summed E-state index contributed by atoms with van der Waals surface area (Å²) in [6.45, 7) is 2.97. The molecule has 0 saturated heterocycles. The second-order valence-corrected chi connectivity index (χ2v) is 6.56. The second-order valence-electron chi connectivity index (χ2n) is 6.18. The predicted octanol–water partition coefficient (Wildman–Crippen LogP) is 3.58. The van der Waals surface area contributed by atoms with E-state index in [0.717, 1.165) is 11.5 Å². The monoisotopic (exact) mass is 412 g/mol. The molecule has 0 aliphatic rings. The minimum atomic E-state index is -0.513. The summed E-state index contributed by atoms with van der Waals surface area (Å²) in [5.74, 6) is 0.350. The van der Waals surface area contributed by atoms with Gasteiger partial charge in [0.25, 0.3) is 11.6 Å². The number of anilines is 2. The number of H-pyrrole nitrogens is 1. The largest absolute Gasteiger partial charge is 0.352 e. The first kappa shape index (κ1) is 20.2. The number of benzene rings is 2. The fourth-order valence-corrected chi connectivity index (χ4v) is 3.14. The third kappa shape index (κ3) is 4.85. The molecule has 0 aliphatic heterocycles. The summed E-state index contributed by atoms with van der Waals surface area (Å²) < 4.78 is 2.38. The highest BCUT2D eigenvalue weighted by molar-refractivity contribution is 7.71. The summed E-state index contributed by atoms with van der Waals surface area (Å²) >= 11 is 5.14. The smallest absolute Gasteiger partial charge is 0.293 e. The molecule has 1 heterocycles. The van der Waals surface area contributed by atoms with Crippen LogP contribution in [-0.4, -0.2) is 32.1 Å². The minimum Gasteiger partial charge on any atom is -0.352 e. The van der Waals surface area contributed by atoms with E-state index in [0.29, 0.717) is 30.0 Å². The van der Waals surface area contributed by atoms with Gasteiger partial charge in [-0.1, -0.05) is 18.2 Å². The Morgan fingerprint density at radius 2 is 2.03 bits per heavy atom. The molecule has 9 nitrogen and oxygen atoms in total. The molecule has 3 aromatic rings. The Bertz CT molecular complexity index is 1080. The fraction of sp³-hybridized carbons (Fsp3) is 0.211. The maximum absolute atomic E-state index is 12.4. The zero-order valence-electron chi connectivity index (χ0n) is 15.7. The van der Waals surface area contributed by atoms with Crippen LogP contribution in [0.4, 0.5) is 17.1 Å². The van der Waals surface area contributed by atoms with Gasteiger partial charge >= 0.3 is 0 Å². The van der Waals surface area contributed by atoms with E-state index in [2.05, 4.69) is 20.8 Å². The van der Waals surface area contributed by atoms with Gasteiger partial charge in [0, 0.05) is 36.8 Å². The lowest BCUT2D eigenvalue weighted by molar-refractivity contribution is -0.383. The van der Waals surface area contributed by atoms with Crippen molar-refractivity contribution in [3.8, 4) is 0 Å². The third-order valence-corrected chi connectivity index (χ3v) is 4.61. The molecule has 0 spiro atoms. The molecule has 1 aromatic heterocycles. The fourth-order valence-electron chi connectivity index (χ4n) is 2.86. The van der Waals surface area contributed by atoms with Crippen molar-refractivity contribution >= 4 is 35.2 Å². The Balaban J connectivity index is 1.69. The normalized spacial score (nSPS) is 10.5. The van der Waals surface area contributed by atoms with Gasteiger partial charge in [0.15, 0.2) is 4.77 Å². The Hall–Kier alpha value is -3.53. The summed E-state index contributed by atoms with van der Waals surface area (Å²) in [6.07, 6.45) is 0.489. The molecule has 0 aliphatic carbocycles. The van der Waals surface area contributed by atoms with Crippen LogP contribution in [0.2, 0.25) is 0 Å². The van der Waals surface area contributed by atoms with Crippen LogP contribution in [-0.2, 0) is 13.0 Å². The first-order valence-electron chi connectivity index (χ1n) is 9.02. The highest BCUT2D eigenvalue weighted by atomic mass is 32.1. The number of hydrogen-bond acceptors (Lipinski definition) is 6. The van der Waals surface area contributed by atoms with Crippen LogP contribution >= 0.6 is 12.2 Å². The Kier molecular flexibility index (Phi) is 6.35. The molecule has 3 rings (SSSR count). The predicted molar refractivity (Wildman–Crippen MR) is 112 cm³/mol. The third-order valence-electron chi connectivity index (χ3n) is 4.30. The molecule has 3 N–H and O–H groups in total. The van der Waals surface area contributed by atoms with Crippen molar-refractivity contribution in [1.29, 1.82) is 0 Å². The van der Waals surface area contributed by atoms with E-state index in [-0.39, 0.29) is 11.3 Å². The highest BCUT2D eigenvalue weighted by Crippen LogP contribution is 2.28. The average molecular weight is 412 g/mol. The molecule has 0 fully saturated rings. The lowest BCUT2D eigenvalue weighted by Crippen LogP contribution is -2.26. The number of nitrogens with zero attached hydrogens (tertiary/aromatic N) is 3. The van der Waals surface area contributed by atoms with Crippen LogP contribution in [0, 0.1) is 14.9 Å². The summed E-state index contributed by atoms with van der Waals surface area (Å²) in [5.41, 5.74) is 1.08. The van der Waals surface area contributed by atoms with Crippen molar-refractivity contribution in [2.24, 2.45) is 0 Å². The van der Waals surface area contributed by atoms with Gasteiger partial charge in [0.05, 0.1) is 4.92 Å². The highest BCUT2D eigenvalue weighted by Gasteiger charge is 2.18. The van der Waals surface area contributed by atoms with Crippen LogP contribution in [0.5, 0.6) is 0 Å². The van der Waals surface area contributed by atoms with Gasteiger partial charge in [-0.05, 0) is 43.4 Å². The minimum absolute atomic E-state index is 0.173. The number of hydrogen-bond donors (Lipinski definition) is 3. The molecular formula is C19H20N6O3S. The van der Waals surface area contributed by atoms with Crippen molar-refractivity contribution in [2.75, 3.05) is 11.9 Å². The van der Waals surface area contributed by atoms with E-state index in [1.165, 1.54) is 12.1 Å². The van der Waals surface area contributed by atoms with E-state index < -0.39 is 10.8 Å². The summed E-state index contributed by atoms with van der Waals surface area (Å²) in [5, 5.41) is 24.1.